The molecule has 6 heteroatoms. The minimum atomic E-state index is -0.0521. The lowest BCUT2D eigenvalue weighted by Crippen LogP contribution is -2.46. The van der Waals surface area contributed by atoms with E-state index in [1.165, 1.54) is 5.56 Å². The number of aryl methyl sites for hydroxylation is 1. The van der Waals surface area contributed by atoms with Gasteiger partial charge in [0.2, 0.25) is 5.76 Å². The number of carbonyl (C=O) groups is 1. The number of aromatic nitrogens is 1. The van der Waals surface area contributed by atoms with Gasteiger partial charge in [0.25, 0.3) is 5.91 Å². The summed E-state index contributed by atoms with van der Waals surface area (Å²) >= 11 is 0. The van der Waals surface area contributed by atoms with Crippen LogP contribution in [0.1, 0.15) is 40.2 Å². The zero-order valence-corrected chi connectivity index (χ0v) is 15.1. The van der Waals surface area contributed by atoms with Gasteiger partial charge < -0.3 is 18.9 Å². The second-order valence-corrected chi connectivity index (χ2v) is 6.94. The van der Waals surface area contributed by atoms with E-state index in [1.54, 1.807) is 7.11 Å². The summed E-state index contributed by atoms with van der Waals surface area (Å²) in [5.74, 6) is 1.22. The van der Waals surface area contributed by atoms with Gasteiger partial charge in [-0.1, -0.05) is 17.3 Å². The van der Waals surface area contributed by atoms with Gasteiger partial charge in [0.15, 0.2) is 0 Å². The highest BCUT2D eigenvalue weighted by molar-refractivity contribution is 5.93. The third-order valence-corrected chi connectivity index (χ3v) is 5.20. The second-order valence-electron chi connectivity index (χ2n) is 6.94. The molecule has 138 valence electrons. The standard InChI is InChI=1S/C20H24N2O4/c1-24-15-8-6-14(7-9-15)12-16-13-22(10-11-25-16)20(23)19-17-4-2-3-5-18(17)21-26-19/h6-9,16H,2-5,10-13H2,1H3/t16-/m0/s1. The molecular formula is C20H24N2O4. The number of morpholine rings is 1. The molecule has 1 fully saturated rings. The summed E-state index contributed by atoms with van der Waals surface area (Å²) in [5.41, 5.74) is 3.14. The van der Waals surface area contributed by atoms with E-state index in [9.17, 15) is 4.79 Å². The highest BCUT2D eigenvalue weighted by Gasteiger charge is 2.31. The maximum Gasteiger partial charge on any atom is 0.292 e. The molecule has 1 aromatic carbocycles. The SMILES string of the molecule is COc1ccc(C[C@H]2CN(C(=O)c3onc4c3CCCC4)CCO2)cc1. The topological polar surface area (TPSA) is 64.8 Å². The van der Waals surface area contributed by atoms with Crippen molar-refractivity contribution in [3.8, 4) is 5.75 Å². The van der Waals surface area contributed by atoms with E-state index in [0.29, 0.717) is 25.5 Å². The van der Waals surface area contributed by atoms with E-state index in [4.69, 9.17) is 14.0 Å². The molecule has 26 heavy (non-hydrogen) atoms. The molecule has 1 aliphatic carbocycles. The maximum absolute atomic E-state index is 12.9. The van der Waals surface area contributed by atoms with Crippen molar-refractivity contribution < 1.29 is 18.8 Å². The van der Waals surface area contributed by atoms with Crippen LogP contribution in [0.3, 0.4) is 0 Å². The lowest BCUT2D eigenvalue weighted by Gasteiger charge is -2.32. The highest BCUT2D eigenvalue weighted by atomic mass is 16.5. The first-order valence-corrected chi connectivity index (χ1v) is 9.26. The zero-order chi connectivity index (χ0) is 17.9. The number of methoxy groups -OCH3 is 1. The molecule has 2 aromatic rings. The summed E-state index contributed by atoms with van der Waals surface area (Å²) in [6, 6.07) is 7.97. The van der Waals surface area contributed by atoms with Crippen LogP contribution >= 0.6 is 0 Å². The molecule has 1 aromatic heterocycles. The minimum absolute atomic E-state index is 0.0140. The van der Waals surface area contributed by atoms with E-state index >= 15 is 0 Å². The van der Waals surface area contributed by atoms with Gasteiger partial charge in [-0.3, -0.25) is 4.79 Å². The fraction of sp³-hybridized carbons (Fsp3) is 0.500. The normalized spacial score (nSPS) is 19.9. The van der Waals surface area contributed by atoms with Gasteiger partial charge in [-0.25, -0.2) is 0 Å². The van der Waals surface area contributed by atoms with Gasteiger partial charge in [-0.2, -0.15) is 0 Å². The summed E-state index contributed by atoms with van der Waals surface area (Å²) in [4.78, 5) is 14.8. The minimum Gasteiger partial charge on any atom is -0.497 e. The molecule has 4 rings (SSSR count). The molecule has 1 atom stereocenters. The van der Waals surface area contributed by atoms with Crippen LogP contribution in [-0.4, -0.2) is 48.9 Å². The predicted octanol–water partition coefficient (Wildman–Crippen LogP) is 2.65. The largest absolute Gasteiger partial charge is 0.497 e. The van der Waals surface area contributed by atoms with Crippen molar-refractivity contribution in [2.75, 3.05) is 26.8 Å². The van der Waals surface area contributed by atoms with Gasteiger partial charge in [0, 0.05) is 25.1 Å². The molecule has 2 heterocycles. The molecule has 1 aliphatic heterocycles. The number of benzene rings is 1. The molecule has 6 nitrogen and oxygen atoms in total. The van der Waals surface area contributed by atoms with E-state index in [2.05, 4.69) is 5.16 Å². The lowest BCUT2D eigenvalue weighted by atomic mass is 9.95. The Morgan fingerprint density at radius 3 is 2.88 bits per heavy atom. The summed E-state index contributed by atoms with van der Waals surface area (Å²) in [5, 5.41) is 4.11. The van der Waals surface area contributed by atoms with Gasteiger partial charge in [0.1, 0.15) is 5.75 Å². The highest BCUT2D eigenvalue weighted by Crippen LogP contribution is 2.25. The Balaban J connectivity index is 1.42. The Labute approximate surface area is 153 Å². The van der Waals surface area contributed by atoms with Crippen LogP contribution in [-0.2, 0) is 24.0 Å². The molecule has 2 aliphatic rings. The van der Waals surface area contributed by atoms with Crippen LogP contribution in [0, 0.1) is 0 Å². The van der Waals surface area contributed by atoms with Gasteiger partial charge in [-0.05, 0) is 43.4 Å². The van der Waals surface area contributed by atoms with E-state index in [-0.39, 0.29) is 12.0 Å². The summed E-state index contributed by atoms with van der Waals surface area (Å²) in [6.07, 6.45) is 4.77. The first kappa shape index (κ1) is 17.1. The van der Waals surface area contributed by atoms with Crippen molar-refractivity contribution in [3.05, 3.63) is 46.8 Å². The number of ether oxygens (including phenoxy) is 2. The van der Waals surface area contributed by atoms with E-state index in [1.807, 2.05) is 29.2 Å². The number of hydrogen-bond donors (Lipinski definition) is 0. The third kappa shape index (κ3) is 3.46. The van der Waals surface area contributed by atoms with Crippen molar-refractivity contribution in [2.45, 2.75) is 38.2 Å². The number of fused-ring (bicyclic) bond motifs is 1. The monoisotopic (exact) mass is 356 g/mol. The molecular weight excluding hydrogens is 332 g/mol. The Morgan fingerprint density at radius 2 is 2.08 bits per heavy atom. The van der Waals surface area contributed by atoms with Crippen molar-refractivity contribution in [1.29, 1.82) is 0 Å². The zero-order valence-electron chi connectivity index (χ0n) is 15.1. The Hall–Kier alpha value is -2.34. The van der Waals surface area contributed by atoms with Gasteiger partial charge in [-0.15, -0.1) is 0 Å². The molecule has 1 amide bonds. The Bertz CT molecular complexity index is 769. The quantitative estimate of drug-likeness (QED) is 0.843. The van der Waals surface area contributed by atoms with Crippen LogP contribution < -0.4 is 4.74 Å². The first-order chi connectivity index (χ1) is 12.7. The van der Waals surface area contributed by atoms with E-state index < -0.39 is 0 Å². The van der Waals surface area contributed by atoms with Crippen LogP contribution in [0.5, 0.6) is 5.75 Å². The molecule has 0 unspecified atom stereocenters. The molecule has 0 bridgehead atoms. The summed E-state index contributed by atoms with van der Waals surface area (Å²) in [7, 11) is 1.66. The van der Waals surface area contributed by atoms with Crippen LogP contribution in [0.15, 0.2) is 28.8 Å². The number of hydrogen-bond acceptors (Lipinski definition) is 5. The van der Waals surface area contributed by atoms with E-state index in [0.717, 1.165) is 49.1 Å². The Kier molecular flexibility index (Phi) is 4.93. The van der Waals surface area contributed by atoms with Crippen LogP contribution in [0.4, 0.5) is 0 Å². The Morgan fingerprint density at radius 1 is 1.27 bits per heavy atom. The van der Waals surface area contributed by atoms with Crippen LogP contribution in [0.25, 0.3) is 0 Å². The van der Waals surface area contributed by atoms with Gasteiger partial charge >= 0.3 is 0 Å². The number of carbonyl (C=O) groups excluding carboxylic acids is 1. The number of rotatable bonds is 4. The van der Waals surface area contributed by atoms with Crippen molar-refractivity contribution in [2.24, 2.45) is 0 Å². The van der Waals surface area contributed by atoms with Crippen LogP contribution in [0.2, 0.25) is 0 Å². The fourth-order valence-electron chi connectivity index (χ4n) is 3.75. The molecule has 0 spiro atoms. The second kappa shape index (κ2) is 7.50. The first-order valence-electron chi connectivity index (χ1n) is 9.26. The fourth-order valence-corrected chi connectivity index (χ4v) is 3.75. The number of nitrogens with zero attached hydrogens (tertiary/aromatic N) is 2. The van der Waals surface area contributed by atoms with Gasteiger partial charge in [0.05, 0.1) is 25.5 Å². The average molecular weight is 356 g/mol. The molecule has 0 N–H and O–H groups in total. The molecule has 0 radical (unpaired) electrons. The number of amides is 1. The van der Waals surface area contributed by atoms with Crippen molar-refractivity contribution in [3.63, 3.8) is 0 Å². The van der Waals surface area contributed by atoms with Crippen molar-refractivity contribution in [1.82, 2.24) is 10.1 Å². The molecule has 0 saturated carbocycles. The smallest absolute Gasteiger partial charge is 0.292 e. The summed E-state index contributed by atoms with van der Waals surface area (Å²) < 4.78 is 16.5. The summed E-state index contributed by atoms with van der Waals surface area (Å²) in [6.45, 7) is 1.71. The maximum atomic E-state index is 12.9. The molecule has 1 saturated heterocycles. The average Bonchev–Trinajstić information content (AvgIpc) is 3.12. The van der Waals surface area contributed by atoms with Crippen molar-refractivity contribution >= 4 is 5.91 Å². The predicted molar refractivity (Wildman–Crippen MR) is 95.5 cm³/mol. The lowest BCUT2D eigenvalue weighted by molar-refractivity contribution is -0.0220. The third-order valence-electron chi connectivity index (χ3n) is 5.20.